The van der Waals surface area contributed by atoms with Crippen molar-refractivity contribution < 1.29 is 9.53 Å². The van der Waals surface area contributed by atoms with Crippen molar-refractivity contribution in [3.8, 4) is 5.75 Å². The highest BCUT2D eigenvalue weighted by Crippen LogP contribution is 2.61. The molecule has 4 saturated carbocycles. The normalized spacial score (nSPS) is 36.2. The highest BCUT2D eigenvalue weighted by molar-refractivity contribution is 5.82. The third kappa shape index (κ3) is 2.60. The SMILES string of the molecule is CC(C)Oc1cccc2c1N(C1C3CC4CC1CC(C(N)=O)(C4)C3)CC=C2. The predicted octanol–water partition coefficient (Wildman–Crippen LogP) is 3.99. The lowest BCUT2D eigenvalue weighted by atomic mass is 9.47. The van der Waals surface area contributed by atoms with E-state index in [1.165, 1.54) is 24.1 Å². The lowest BCUT2D eigenvalue weighted by Gasteiger charge is -2.61. The predicted molar refractivity (Wildman–Crippen MR) is 108 cm³/mol. The molecule has 2 unspecified atom stereocenters. The summed E-state index contributed by atoms with van der Waals surface area (Å²) in [6.07, 6.45) is 10.1. The van der Waals surface area contributed by atoms with Gasteiger partial charge < -0.3 is 15.4 Å². The summed E-state index contributed by atoms with van der Waals surface area (Å²) in [5.74, 6) is 2.76. The minimum atomic E-state index is -0.227. The lowest BCUT2D eigenvalue weighted by Crippen LogP contribution is -2.62. The number of hydrogen-bond acceptors (Lipinski definition) is 3. The Morgan fingerprint density at radius 1 is 1.22 bits per heavy atom. The molecule has 1 amide bonds. The molecule has 1 aromatic carbocycles. The Morgan fingerprint density at radius 2 is 1.96 bits per heavy atom. The number of fused-ring (bicyclic) bond motifs is 1. The molecule has 4 aliphatic carbocycles. The first kappa shape index (κ1) is 17.2. The van der Waals surface area contributed by atoms with E-state index in [1.807, 2.05) is 0 Å². The van der Waals surface area contributed by atoms with Crippen LogP contribution >= 0.6 is 0 Å². The number of hydrogen-bond donors (Lipinski definition) is 1. The second-order valence-electron chi connectivity index (χ2n) is 9.52. The van der Waals surface area contributed by atoms with E-state index in [0.717, 1.165) is 31.6 Å². The smallest absolute Gasteiger partial charge is 0.223 e. The number of para-hydroxylation sites is 1. The molecule has 144 valence electrons. The number of anilines is 1. The Morgan fingerprint density at radius 3 is 2.63 bits per heavy atom. The van der Waals surface area contributed by atoms with Gasteiger partial charge in [-0.1, -0.05) is 24.3 Å². The van der Waals surface area contributed by atoms with Gasteiger partial charge in [-0.05, 0) is 69.8 Å². The number of carbonyl (C=O) groups is 1. The van der Waals surface area contributed by atoms with Crippen LogP contribution < -0.4 is 15.4 Å². The van der Waals surface area contributed by atoms with Crippen LogP contribution in [0.4, 0.5) is 5.69 Å². The van der Waals surface area contributed by atoms with Crippen LogP contribution in [0.2, 0.25) is 0 Å². The first-order valence-corrected chi connectivity index (χ1v) is 10.5. The summed E-state index contributed by atoms with van der Waals surface area (Å²) >= 11 is 0. The van der Waals surface area contributed by atoms with Gasteiger partial charge in [-0.3, -0.25) is 4.79 Å². The number of ether oxygens (including phenoxy) is 1. The van der Waals surface area contributed by atoms with Gasteiger partial charge in [0.1, 0.15) is 5.75 Å². The Kier molecular flexibility index (Phi) is 3.82. The van der Waals surface area contributed by atoms with E-state index >= 15 is 0 Å². The van der Waals surface area contributed by atoms with Crippen molar-refractivity contribution in [2.75, 3.05) is 11.4 Å². The van der Waals surface area contributed by atoms with E-state index in [2.05, 4.69) is 49.1 Å². The summed E-state index contributed by atoms with van der Waals surface area (Å²) < 4.78 is 6.19. The van der Waals surface area contributed by atoms with Crippen molar-refractivity contribution >= 4 is 17.7 Å². The molecule has 0 spiro atoms. The number of nitrogens with zero attached hydrogens (tertiary/aromatic N) is 1. The highest BCUT2D eigenvalue weighted by Gasteiger charge is 2.59. The third-order valence-electron chi connectivity index (χ3n) is 7.39. The molecule has 4 heteroatoms. The van der Waals surface area contributed by atoms with Crippen LogP contribution in [-0.2, 0) is 4.79 Å². The molecule has 2 atom stereocenters. The second kappa shape index (κ2) is 6.02. The zero-order valence-electron chi connectivity index (χ0n) is 16.4. The van der Waals surface area contributed by atoms with Crippen molar-refractivity contribution in [3.05, 3.63) is 29.8 Å². The van der Waals surface area contributed by atoms with Gasteiger partial charge in [-0.25, -0.2) is 0 Å². The zero-order chi connectivity index (χ0) is 18.8. The van der Waals surface area contributed by atoms with Crippen LogP contribution in [-0.4, -0.2) is 24.6 Å². The van der Waals surface area contributed by atoms with Gasteiger partial charge in [0.05, 0.1) is 11.8 Å². The Labute approximate surface area is 161 Å². The summed E-state index contributed by atoms with van der Waals surface area (Å²) in [6, 6.07) is 6.87. The molecule has 2 N–H and O–H groups in total. The summed E-state index contributed by atoms with van der Waals surface area (Å²) in [6.45, 7) is 5.10. The number of amides is 1. The molecule has 1 aliphatic heterocycles. The molecular weight excluding hydrogens is 336 g/mol. The van der Waals surface area contributed by atoms with E-state index < -0.39 is 0 Å². The number of rotatable bonds is 4. The maximum atomic E-state index is 12.3. The van der Waals surface area contributed by atoms with Crippen LogP contribution in [0.1, 0.15) is 51.5 Å². The molecule has 0 aromatic heterocycles. The van der Waals surface area contributed by atoms with Crippen LogP contribution in [0.15, 0.2) is 24.3 Å². The fourth-order valence-corrected chi connectivity index (χ4v) is 6.79. The fourth-order valence-electron chi connectivity index (χ4n) is 6.79. The van der Waals surface area contributed by atoms with Crippen molar-refractivity contribution in [3.63, 3.8) is 0 Å². The molecule has 27 heavy (non-hydrogen) atoms. The first-order valence-electron chi connectivity index (χ1n) is 10.5. The van der Waals surface area contributed by atoms with Gasteiger partial charge in [0.2, 0.25) is 5.91 Å². The zero-order valence-corrected chi connectivity index (χ0v) is 16.4. The molecule has 5 aliphatic rings. The van der Waals surface area contributed by atoms with Gasteiger partial charge in [0, 0.05) is 23.6 Å². The minimum Gasteiger partial charge on any atom is -0.489 e. The number of primary amides is 1. The Bertz CT molecular complexity index is 784. The van der Waals surface area contributed by atoms with E-state index in [0.29, 0.717) is 23.8 Å². The van der Waals surface area contributed by atoms with Gasteiger partial charge in [-0.2, -0.15) is 0 Å². The van der Waals surface area contributed by atoms with E-state index in [4.69, 9.17) is 10.5 Å². The number of benzene rings is 1. The Hall–Kier alpha value is -1.97. The van der Waals surface area contributed by atoms with Crippen molar-refractivity contribution in [2.24, 2.45) is 28.9 Å². The van der Waals surface area contributed by atoms with Crippen LogP contribution in [0.3, 0.4) is 0 Å². The third-order valence-corrected chi connectivity index (χ3v) is 7.39. The summed E-state index contributed by atoms with van der Waals surface area (Å²) in [5.41, 5.74) is 8.16. The van der Waals surface area contributed by atoms with Crippen LogP contribution in [0, 0.1) is 23.2 Å². The monoisotopic (exact) mass is 366 g/mol. The van der Waals surface area contributed by atoms with Gasteiger partial charge in [-0.15, -0.1) is 0 Å². The van der Waals surface area contributed by atoms with E-state index in [-0.39, 0.29) is 17.4 Å². The fraction of sp³-hybridized carbons (Fsp3) is 0.609. The summed E-state index contributed by atoms with van der Waals surface area (Å²) in [4.78, 5) is 14.9. The molecule has 1 heterocycles. The van der Waals surface area contributed by atoms with Crippen LogP contribution in [0.5, 0.6) is 5.75 Å². The molecular formula is C23H30N2O2. The van der Waals surface area contributed by atoms with Crippen molar-refractivity contribution in [1.82, 2.24) is 0 Å². The highest BCUT2D eigenvalue weighted by atomic mass is 16.5. The molecule has 0 radical (unpaired) electrons. The van der Waals surface area contributed by atoms with Gasteiger partial charge >= 0.3 is 0 Å². The topological polar surface area (TPSA) is 55.6 Å². The van der Waals surface area contributed by atoms with Gasteiger partial charge in [0.15, 0.2) is 0 Å². The van der Waals surface area contributed by atoms with E-state index in [9.17, 15) is 4.79 Å². The maximum Gasteiger partial charge on any atom is 0.223 e. The molecule has 4 fully saturated rings. The quantitative estimate of drug-likeness (QED) is 0.877. The first-order chi connectivity index (χ1) is 13.0. The average Bonchev–Trinajstić information content (AvgIpc) is 2.60. The minimum absolute atomic E-state index is 0.0527. The van der Waals surface area contributed by atoms with E-state index in [1.54, 1.807) is 0 Å². The summed E-state index contributed by atoms with van der Waals surface area (Å²) in [7, 11) is 0. The van der Waals surface area contributed by atoms with Crippen molar-refractivity contribution in [1.29, 1.82) is 0 Å². The number of carbonyl (C=O) groups excluding carboxylic acids is 1. The average molecular weight is 367 g/mol. The summed E-state index contributed by atoms with van der Waals surface area (Å²) in [5, 5.41) is 0. The van der Waals surface area contributed by atoms with Crippen molar-refractivity contribution in [2.45, 2.75) is 58.1 Å². The standard InChI is InChI=1S/C23H30N2O2/c1-14(2)27-19-7-3-5-16-6-4-8-25(21(16)19)20-17-9-15-10-18(20)13-23(11-15,12-17)22(24)26/h3-7,14-15,17-18,20H,8-13H2,1-2H3,(H2,24,26). The lowest BCUT2D eigenvalue weighted by molar-refractivity contribution is -0.144. The largest absolute Gasteiger partial charge is 0.489 e. The number of nitrogens with two attached hydrogens (primary N) is 1. The maximum absolute atomic E-state index is 12.3. The molecule has 4 nitrogen and oxygen atoms in total. The molecule has 0 saturated heterocycles. The van der Waals surface area contributed by atoms with Gasteiger partial charge in [0.25, 0.3) is 0 Å². The molecule has 4 bridgehead atoms. The van der Waals surface area contributed by atoms with Crippen LogP contribution in [0.25, 0.3) is 6.08 Å². The molecule has 6 rings (SSSR count). The Balaban J connectivity index is 1.53. The molecule has 1 aromatic rings. The second-order valence-corrected chi connectivity index (χ2v) is 9.52.